The number of nitrogens with zero attached hydrogens (tertiary/aromatic N) is 2. The maximum absolute atomic E-state index is 14.0. The van der Waals surface area contributed by atoms with Crippen LogP contribution < -0.4 is 5.32 Å². The lowest BCUT2D eigenvalue weighted by Gasteiger charge is -2.08. The number of aryl methyl sites for hydroxylation is 2. The van der Waals surface area contributed by atoms with Crippen LogP contribution in [0.15, 0.2) is 30.3 Å². The third-order valence-corrected chi connectivity index (χ3v) is 3.97. The molecule has 1 aliphatic rings. The second kappa shape index (κ2) is 5.81. The maximum Gasteiger partial charge on any atom is 0.262 e. The van der Waals surface area contributed by atoms with Crippen LogP contribution in [0.5, 0.6) is 0 Å². The highest BCUT2D eigenvalue weighted by molar-refractivity contribution is 6.06. The first-order valence-corrected chi connectivity index (χ1v) is 7.45. The summed E-state index contributed by atoms with van der Waals surface area (Å²) in [5.41, 5.74) is 1.14. The molecule has 1 atom stereocenters. The molecule has 0 radical (unpaired) electrons. The highest BCUT2D eigenvalue weighted by Gasteiger charge is 2.55. The molecule has 0 aliphatic heterocycles. The van der Waals surface area contributed by atoms with E-state index >= 15 is 0 Å². The number of allylic oxidation sites excluding steroid dienone is 1. The van der Waals surface area contributed by atoms with Crippen molar-refractivity contribution in [3.05, 3.63) is 53.1 Å². The van der Waals surface area contributed by atoms with E-state index in [1.54, 1.807) is 37.3 Å². The van der Waals surface area contributed by atoms with Crippen LogP contribution in [0.3, 0.4) is 0 Å². The fourth-order valence-corrected chi connectivity index (χ4v) is 2.49. The Morgan fingerprint density at radius 2 is 2.08 bits per heavy atom. The number of amides is 1. The van der Waals surface area contributed by atoms with Crippen molar-refractivity contribution >= 4 is 17.7 Å². The van der Waals surface area contributed by atoms with Crippen molar-refractivity contribution in [1.82, 2.24) is 9.78 Å². The van der Waals surface area contributed by atoms with Gasteiger partial charge in [0.1, 0.15) is 5.56 Å². The minimum Gasteiger partial charge on any atom is -0.321 e. The Bertz CT molecular complexity index is 826. The minimum atomic E-state index is -2.63. The Kier molecular flexibility index (Phi) is 3.95. The lowest BCUT2D eigenvalue weighted by atomic mass is 10.1. The van der Waals surface area contributed by atoms with Crippen molar-refractivity contribution in [2.45, 2.75) is 19.3 Å². The maximum atomic E-state index is 14.0. The second-order valence-electron chi connectivity index (χ2n) is 5.85. The fraction of sp³-hybridized carbons (Fsp3) is 0.294. The molecule has 0 saturated heterocycles. The zero-order chi connectivity index (χ0) is 17.5. The number of carbonyl (C=O) groups excluding carboxylic acids is 1. The molecule has 1 aromatic heterocycles. The van der Waals surface area contributed by atoms with Gasteiger partial charge in [-0.3, -0.25) is 4.79 Å². The predicted octanol–water partition coefficient (Wildman–Crippen LogP) is 3.79. The second-order valence-corrected chi connectivity index (χ2v) is 5.85. The number of alkyl halides is 2. The topological polar surface area (TPSA) is 46.9 Å². The third kappa shape index (κ3) is 3.06. The van der Waals surface area contributed by atoms with Gasteiger partial charge in [-0.1, -0.05) is 30.4 Å². The number of hydrogen-bond donors (Lipinski definition) is 1. The van der Waals surface area contributed by atoms with Gasteiger partial charge in [-0.25, -0.2) is 13.5 Å². The molecule has 1 aliphatic carbocycles. The van der Waals surface area contributed by atoms with Crippen LogP contribution in [0, 0.1) is 18.8 Å². The summed E-state index contributed by atoms with van der Waals surface area (Å²) < 4.78 is 40.9. The summed E-state index contributed by atoms with van der Waals surface area (Å²) in [7, 11) is 1.41. The number of halogens is 3. The van der Waals surface area contributed by atoms with Crippen LogP contribution in [0.4, 0.5) is 18.9 Å². The molecule has 7 heteroatoms. The standard InChI is InChI=1S/C17H16F3N3O/c1-10-14(15(18)23(2)22-10)16(24)21-13-6-4-3-5-11(13)7-8-12-9-17(12,19)20/h3-8,12H,9H2,1-2H3,(H,21,24). The summed E-state index contributed by atoms with van der Waals surface area (Å²) in [5.74, 6) is -4.75. The molecule has 126 valence electrons. The van der Waals surface area contributed by atoms with Crippen molar-refractivity contribution in [2.75, 3.05) is 5.32 Å². The number of anilines is 1. The first-order valence-electron chi connectivity index (χ1n) is 7.45. The van der Waals surface area contributed by atoms with Gasteiger partial charge in [-0.2, -0.15) is 9.49 Å². The first kappa shape index (κ1) is 16.3. The van der Waals surface area contributed by atoms with E-state index in [2.05, 4.69) is 10.4 Å². The zero-order valence-corrected chi connectivity index (χ0v) is 13.2. The number of nitrogens with one attached hydrogen (secondary N) is 1. The van der Waals surface area contributed by atoms with Gasteiger partial charge < -0.3 is 5.32 Å². The van der Waals surface area contributed by atoms with Gasteiger partial charge >= 0.3 is 0 Å². The van der Waals surface area contributed by atoms with E-state index in [0.29, 0.717) is 11.3 Å². The molecule has 2 aromatic rings. The Morgan fingerprint density at radius 1 is 1.42 bits per heavy atom. The summed E-state index contributed by atoms with van der Waals surface area (Å²) in [6, 6.07) is 6.76. The molecule has 1 aromatic carbocycles. The largest absolute Gasteiger partial charge is 0.321 e. The highest BCUT2D eigenvalue weighted by Crippen LogP contribution is 2.49. The molecule has 3 rings (SSSR count). The van der Waals surface area contributed by atoms with E-state index < -0.39 is 23.7 Å². The molecule has 1 fully saturated rings. The zero-order valence-electron chi connectivity index (χ0n) is 13.2. The van der Waals surface area contributed by atoms with Crippen molar-refractivity contribution in [2.24, 2.45) is 13.0 Å². The summed E-state index contributed by atoms with van der Waals surface area (Å²) in [4.78, 5) is 12.3. The predicted molar refractivity (Wildman–Crippen MR) is 84.4 cm³/mol. The Balaban J connectivity index is 1.82. The molecule has 1 amide bonds. The van der Waals surface area contributed by atoms with Gasteiger partial charge in [0.05, 0.1) is 5.69 Å². The molecule has 4 nitrogen and oxygen atoms in total. The van der Waals surface area contributed by atoms with Crippen LogP contribution in [0.25, 0.3) is 6.08 Å². The van der Waals surface area contributed by atoms with E-state index in [1.165, 1.54) is 13.1 Å². The van der Waals surface area contributed by atoms with Crippen LogP contribution in [0.1, 0.15) is 28.0 Å². The summed E-state index contributed by atoms with van der Waals surface area (Å²) in [6.07, 6.45) is 2.83. The van der Waals surface area contributed by atoms with E-state index in [0.717, 1.165) is 4.68 Å². The van der Waals surface area contributed by atoms with Crippen LogP contribution in [0.2, 0.25) is 0 Å². The van der Waals surface area contributed by atoms with Crippen LogP contribution in [-0.4, -0.2) is 21.6 Å². The summed E-state index contributed by atoms with van der Waals surface area (Å²) in [5, 5.41) is 6.48. The van der Waals surface area contributed by atoms with Crippen molar-refractivity contribution < 1.29 is 18.0 Å². The van der Waals surface area contributed by atoms with Gasteiger partial charge in [-0.15, -0.1) is 0 Å². The smallest absolute Gasteiger partial charge is 0.262 e. The molecule has 24 heavy (non-hydrogen) atoms. The monoisotopic (exact) mass is 335 g/mol. The number of aromatic nitrogens is 2. The van der Waals surface area contributed by atoms with E-state index in [4.69, 9.17) is 0 Å². The van der Waals surface area contributed by atoms with Crippen molar-refractivity contribution in [3.8, 4) is 0 Å². The van der Waals surface area contributed by atoms with Gasteiger partial charge in [0, 0.05) is 25.1 Å². The van der Waals surface area contributed by atoms with Gasteiger partial charge in [0.25, 0.3) is 11.8 Å². The van der Waals surface area contributed by atoms with Crippen LogP contribution in [-0.2, 0) is 7.05 Å². The number of para-hydroxylation sites is 1. The quantitative estimate of drug-likeness (QED) is 0.924. The first-order chi connectivity index (χ1) is 11.3. The van der Waals surface area contributed by atoms with E-state index in [-0.39, 0.29) is 17.7 Å². The molecule has 1 heterocycles. The number of benzene rings is 1. The highest BCUT2D eigenvalue weighted by atomic mass is 19.3. The number of rotatable bonds is 4. The Labute approximate surface area is 137 Å². The molecular weight excluding hydrogens is 319 g/mol. The number of hydrogen-bond acceptors (Lipinski definition) is 2. The van der Waals surface area contributed by atoms with Gasteiger partial charge in [0.2, 0.25) is 5.95 Å². The molecular formula is C17H16F3N3O. The lowest BCUT2D eigenvalue weighted by molar-refractivity contribution is 0.102. The average molecular weight is 335 g/mol. The molecule has 0 bridgehead atoms. The Hall–Kier alpha value is -2.57. The molecule has 1 saturated carbocycles. The summed E-state index contributed by atoms with van der Waals surface area (Å²) >= 11 is 0. The summed E-state index contributed by atoms with van der Waals surface area (Å²) in [6.45, 7) is 1.54. The molecule has 1 N–H and O–H groups in total. The van der Waals surface area contributed by atoms with E-state index in [1.807, 2.05) is 0 Å². The van der Waals surface area contributed by atoms with Crippen LogP contribution >= 0.6 is 0 Å². The number of carbonyl (C=O) groups is 1. The Morgan fingerprint density at radius 3 is 2.67 bits per heavy atom. The third-order valence-electron chi connectivity index (χ3n) is 3.97. The van der Waals surface area contributed by atoms with Gasteiger partial charge in [0.15, 0.2) is 0 Å². The SMILES string of the molecule is Cc1nn(C)c(F)c1C(=O)Nc1ccccc1C=CC1CC1(F)F. The lowest BCUT2D eigenvalue weighted by Crippen LogP contribution is -2.15. The average Bonchev–Trinajstić information content (AvgIpc) is 3.04. The van der Waals surface area contributed by atoms with E-state index in [9.17, 15) is 18.0 Å². The fourth-order valence-electron chi connectivity index (χ4n) is 2.49. The van der Waals surface area contributed by atoms with Crippen molar-refractivity contribution in [3.63, 3.8) is 0 Å². The molecule has 0 spiro atoms. The minimum absolute atomic E-state index is 0.134. The molecule has 1 unspecified atom stereocenters. The normalized spacial score (nSPS) is 18.8. The van der Waals surface area contributed by atoms with Gasteiger partial charge in [-0.05, 0) is 18.6 Å². The van der Waals surface area contributed by atoms with Crippen molar-refractivity contribution in [1.29, 1.82) is 0 Å².